The molecule has 16 heavy (non-hydrogen) atoms. The van der Waals surface area contributed by atoms with Crippen molar-refractivity contribution in [2.75, 3.05) is 0 Å². The predicted octanol–water partition coefficient (Wildman–Crippen LogP) is 2.47. The Morgan fingerprint density at radius 2 is 1.44 bits per heavy atom. The molecule has 88 valence electrons. The van der Waals surface area contributed by atoms with Gasteiger partial charge in [0.25, 0.3) is 0 Å². The quantitative estimate of drug-likeness (QED) is 0.643. The Morgan fingerprint density at radius 1 is 1.06 bits per heavy atom. The number of hydrogen-bond acceptors (Lipinski definition) is 2. The number of halogens is 1. The molecule has 0 aliphatic rings. The molecule has 0 fully saturated rings. The van der Waals surface area contributed by atoms with Crippen LogP contribution in [0.5, 0.6) is 0 Å². The fraction of sp³-hybridized carbons (Fsp3) is 0.273. The zero-order valence-corrected chi connectivity index (χ0v) is 11.1. The van der Waals surface area contributed by atoms with E-state index in [0.29, 0.717) is 0 Å². The molecule has 0 saturated heterocycles. The van der Waals surface area contributed by atoms with Gasteiger partial charge in [-0.15, -0.1) is 0 Å². The third-order valence-electron chi connectivity index (χ3n) is 1.80. The molecule has 0 aliphatic carbocycles. The number of carboxylic acids is 2. The maximum atomic E-state index is 10.1. The molecule has 1 aromatic rings. The molecule has 4 nitrogen and oxygen atoms in total. The molecule has 1 aromatic carbocycles. The van der Waals surface area contributed by atoms with Crippen molar-refractivity contribution in [3.8, 4) is 0 Å². The van der Waals surface area contributed by atoms with Crippen molar-refractivity contribution >= 4 is 34.5 Å². The number of rotatable bonds is 2. The average molecular weight is 336 g/mol. The minimum atomic E-state index is -1.67. The highest BCUT2D eigenvalue weighted by Gasteiger charge is 2.35. The van der Waals surface area contributed by atoms with Crippen LogP contribution in [0.15, 0.2) is 30.3 Å². The van der Waals surface area contributed by atoms with E-state index >= 15 is 0 Å². The number of aliphatic carboxylic acids is 2. The fourth-order valence-corrected chi connectivity index (χ4v) is 0.921. The van der Waals surface area contributed by atoms with Crippen LogP contribution in [0.25, 0.3) is 0 Å². The molecule has 5 heteroatoms. The smallest absolute Gasteiger partial charge is 0.320 e. The topological polar surface area (TPSA) is 74.6 Å². The van der Waals surface area contributed by atoms with E-state index in [9.17, 15) is 9.59 Å². The lowest BCUT2D eigenvalue weighted by atomic mass is 9.95. The van der Waals surface area contributed by atoms with E-state index in [1.165, 1.54) is 3.57 Å². The van der Waals surface area contributed by atoms with Gasteiger partial charge in [-0.3, -0.25) is 9.59 Å². The third kappa shape index (κ3) is 5.11. The average Bonchev–Trinajstić information content (AvgIpc) is 2.19. The normalized spacial score (nSPS) is 9.94. The Hall–Kier alpha value is -1.11. The molecule has 0 bridgehead atoms. The van der Waals surface area contributed by atoms with Crippen LogP contribution in [-0.2, 0) is 9.59 Å². The van der Waals surface area contributed by atoms with Crippen molar-refractivity contribution in [1.82, 2.24) is 0 Å². The second-order valence-electron chi connectivity index (χ2n) is 3.53. The number of hydrogen-bond donors (Lipinski definition) is 2. The van der Waals surface area contributed by atoms with Gasteiger partial charge in [0, 0.05) is 3.57 Å². The van der Waals surface area contributed by atoms with Crippen molar-refractivity contribution in [1.29, 1.82) is 0 Å². The van der Waals surface area contributed by atoms with Crippen LogP contribution in [0, 0.1) is 8.99 Å². The Kier molecular flexibility index (Phi) is 6.02. The van der Waals surface area contributed by atoms with E-state index < -0.39 is 17.4 Å². The van der Waals surface area contributed by atoms with Gasteiger partial charge in [0.1, 0.15) is 0 Å². The predicted molar refractivity (Wildman–Crippen MR) is 68.2 cm³/mol. The fourth-order valence-electron chi connectivity index (χ4n) is 0.506. The van der Waals surface area contributed by atoms with Crippen molar-refractivity contribution in [3.63, 3.8) is 0 Å². The van der Waals surface area contributed by atoms with Gasteiger partial charge in [-0.1, -0.05) is 18.2 Å². The number of carboxylic acid groups (broad SMARTS) is 2. The molecule has 0 amide bonds. The van der Waals surface area contributed by atoms with Crippen LogP contribution in [0.4, 0.5) is 0 Å². The van der Waals surface area contributed by atoms with Gasteiger partial charge in [-0.2, -0.15) is 0 Å². The molecular weight excluding hydrogens is 323 g/mol. The lowest BCUT2D eigenvalue weighted by Gasteiger charge is -2.10. The molecule has 0 atom stereocenters. The first-order valence-electron chi connectivity index (χ1n) is 4.46. The Bertz CT molecular complexity index is 344. The summed E-state index contributed by atoms with van der Waals surface area (Å²) in [5, 5.41) is 16.5. The van der Waals surface area contributed by atoms with Gasteiger partial charge in [0.05, 0.1) is 0 Å². The molecule has 1 rings (SSSR count). The van der Waals surface area contributed by atoms with Crippen LogP contribution in [0.3, 0.4) is 0 Å². The van der Waals surface area contributed by atoms with Crippen LogP contribution < -0.4 is 0 Å². The first kappa shape index (κ1) is 14.9. The largest absolute Gasteiger partial charge is 0.480 e. The van der Waals surface area contributed by atoms with E-state index in [1.807, 2.05) is 18.2 Å². The number of benzene rings is 1. The second kappa shape index (κ2) is 6.47. The standard InChI is InChI=1S/C6H5I.C5H8O4/c7-6-4-2-1-3-5-6;1-5(2,3(6)7)4(8)9/h1-5H;1-2H3,(H,6,7)(H,8,9). The highest BCUT2D eigenvalue weighted by molar-refractivity contribution is 14.1. The molecule has 2 N–H and O–H groups in total. The van der Waals surface area contributed by atoms with Crippen molar-refractivity contribution in [3.05, 3.63) is 33.9 Å². The monoisotopic (exact) mass is 336 g/mol. The van der Waals surface area contributed by atoms with E-state index in [2.05, 4.69) is 34.7 Å². The lowest BCUT2D eigenvalue weighted by Crippen LogP contribution is -2.32. The van der Waals surface area contributed by atoms with Crippen molar-refractivity contribution < 1.29 is 19.8 Å². The van der Waals surface area contributed by atoms with Crippen LogP contribution in [-0.4, -0.2) is 22.2 Å². The van der Waals surface area contributed by atoms with E-state index in [0.717, 1.165) is 13.8 Å². The second-order valence-corrected chi connectivity index (χ2v) is 4.78. The van der Waals surface area contributed by atoms with Gasteiger partial charge in [0.15, 0.2) is 5.41 Å². The van der Waals surface area contributed by atoms with Gasteiger partial charge < -0.3 is 10.2 Å². The summed E-state index contributed by atoms with van der Waals surface area (Å²) in [6.45, 7) is 2.27. The molecule has 0 spiro atoms. The van der Waals surface area contributed by atoms with Crippen LogP contribution >= 0.6 is 22.6 Å². The first-order chi connectivity index (χ1) is 7.28. The summed E-state index contributed by atoms with van der Waals surface area (Å²) in [5.74, 6) is -2.65. The minimum absolute atomic E-state index is 1.14. The van der Waals surface area contributed by atoms with E-state index in [1.54, 1.807) is 0 Å². The summed E-state index contributed by atoms with van der Waals surface area (Å²) >= 11 is 2.28. The van der Waals surface area contributed by atoms with Gasteiger partial charge in [-0.05, 0) is 48.6 Å². The zero-order valence-electron chi connectivity index (χ0n) is 8.98. The molecule has 0 heterocycles. The Morgan fingerprint density at radius 3 is 1.56 bits per heavy atom. The Balaban J connectivity index is 0.000000288. The number of carbonyl (C=O) groups is 2. The van der Waals surface area contributed by atoms with Crippen LogP contribution in [0.2, 0.25) is 0 Å². The summed E-state index contributed by atoms with van der Waals surface area (Å²) < 4.78 is 1.29. The van der Waals surface area contributed by atoms with E-state index in [-0.39, 0.29) is 0 Å². The zero-order chi connectivity index (χ0) is 12.8. The minimum Gasteiger partial charge on any atom is -0.480 e. The summed E-state index contributed by atoms with van der Waals surface area (Å²) in [7, 11) is 0. The molecule has 0 aliphatic heterocycles. The first-order valence-corrected chi connectivity index (χ1v) is 5.53. The van der Waals surface area contributed by atoms with Crippen molar-refractivity contribution in [2.45, 2.75) is 13.8 Å². The van der Waals surface area contributed by atoms with Gasteiger partial charge >= 0.3 is 11.9 Å². The molecule has 0 aromatic heterocycles. The summed E-state index contributed by atoms with van der Waals surface area (Å²) in [6.07, 6.45) is 0. The lowest BCUT2D eigenvalue weighted by molar-refractivity contribution is -0.161. The molecule has 0 saturated carbocycles. The van der Waals surface area contributed by atoms with Crippen molar-refractivity contribution in [2.24, 2.45) is 5.41 Å². The van der Waals surface area contributed by atoms with Gasteiger partial charge in [0.2, 0.25) is 0 Å². The summed E-state index contributed by atoms with van der Waals surface area (Å²) in [4.78, 5) is 20.2. The third-order valence-corrected chi connectivity index (χ3v) is 2.52. The summed E-state index contributed by atoms with van der Waals surface area (Å²) in [5.41, 5.74) is -1.67. The molecule has 0 radical (unpaired) electrons. The maximum Gasteiger partial charge on any atom is 0.320 e. The van der Waals surface area contributed by atoms with Gasteiger partial charge in [-0.25, -0.2) is 0 Å². The van der Waals surface area contributed by atoms with E-state index in [4.69, 9.17) is 10.2 Å². The maximum absolute atomic E-state index is 10.1. The SMILES string of the molecule is CC(C)(C(=O)O)C(=O)O.Ic1ccccc1. The summed E-state index contributed by atoms with van der Waals surface area (Å²) in [6, 6.07) is 10.2. The Labute approximate surface area is 107 Å². The molecule has 0 unspecified atom stereocenters. The van der Waals surface area contributed by atoms with Crippen LogP contribution in [0.1, 0.15) is 13.8 Å². The molecular formula is C11H13IO4. The highest BCUT2D eigenvalue weighted by atomic mass is 127. The highest BCUT2D eigenvalue weighted by Crippen LogP contribution is 2.14.